The lowest BCUT2D eigenvalue weighted by molar-refractivity contribution is 0.444. The molecule has 12 aromatic rings. The number of rotatable bonds is 7. The Morgan fingerprint density at radius 2 is 0.770 bits per heavy atom. The zero-order chi connectivity index (χ0) is 40.6. The second-order valence-corrected chi connectivity index (χ2v) is 14.6. The van der Waals surface area contributed by atoms with Crippen LogP contribution in [0.5, 0.6) is 23.0 Å². The SMILES string of the molecule is Fc1cc2c3cc(F)c(Oc4ccc5c6ccccc6n(-c6ccccn6)c5c4)cc3n(-c3ncccn3)c2cc1Oc1ccc2c3ccccc3n(-c3ccccn3)c2c1. The van der Waals surface area contributed by atoms with E-state index in [1.165, 1.54) is 12.1 Å². The zero-order valence-corrected chi connectivity index (χ0v) is 31.9. The van der Waals surface area contributed by atoms with Gasteiger partial charge in [0.25, 0.3) is 0 Å². The highest BCUT2D eigenvalue weighted by molar-refractivity contribution is 6.11. The molecule has 0 aliphatic heterocycles. The first-order valence-corrected chi connectivity index (χ1v) is 19.6. The average Bonchev–Trinajstić information content (AvgIpc) is 3.92. The Hall–Kier alpha value is -8.44. The van der Waals surface area contributed by atoms with E-state index in [4.69, 9.17) is 9.47 Å². The predicted molar refractivity (Wildman–Crippen MR) is 234 cm³/mol. The van der Waals surface area contributed by atoms with Gasteiger partial charge in [0.1, 0.15) is 23.1 Å². The van der Waals surface area contributed by atoms with Crippen LogP contribution in [0.3, 0.4) is 0 Å². The summed E-state index contributed by atoms with van der Waals surface area (Å²) in [5.41, 5.74) is 4.70. The molecule has 61 heavy (non-hydrogen) atoms. The molecule has 0 amide bonds. The Kier molecular flexibility index (Phi) is 7.69. The maximum Gasteiger partial charge on any atom is 0.234 e. The number of hydrogen-bond acceptors (Lipinski definition) is 6. The van der Waals surface area contributed by atoms with E-state index in [9.17, 15) is 0 Å². The number of aromatic nitrogens is 7. The summed E-state index contributed by atoms with van der Waals surface area (Å²) < 4.78 is 51.2. The molecule has 0 bridgehead atoms. The van der Waals surface area contributed by atoms with Crippen LogP contribution in [0, 0.1) is 11.6 Å². The van der Waals surface area contributed by atoms with Gasteiger partial charge < -0.3 is 9.47 Å². The van der Waals surface area contributed by atoms with Gasteiger partial charge in [-0.05, 0) is 78.9 Å². The minimum absolute atomic E-state index is 0.0270. The molecule has 0 aliphatic carbocycles. The highest BCUT2D eigenvalue weighted by Crippen LogP contribution is 2.42. The highest BCUT2D eigenvalue weighted by Gasteiger charge is 2.22. The van der Waals surface area contributed by atoms with Crippen molar-refractivity contribution in [3.05, 3.63) is 188 Å². The van der Waals surface area contributed by atoms with E-state index < -0.39 is 11.6 Å². The van der Waals surface area contributed by atoms with E-state index in [1.807, 2.05) is 109 Å². The molecular formula is C50H29F2N7O2. The summed E-state index contributed by atoms with van der Waals surface area (Å²) in [6.45, 7) is 0. The molecule has 0 spiro atoms. The molecule has 11 heteroatoms. The van der Waals surface area contributed by atoms with Crippen LogP contribution in [-0.4, -0.2) is 33.6 Å². The molecule has 6 heterocycles. The summed E-state index contributed by atoms with van der Waals surface area (Å²) in [7, 11) is 0. The van der Waals surface area contributed by atoms with Gasteiger partial charge in [-0.2, -0.15) is 0 Å². The number of halogens is 2. The fourth-order valence-electron chi connectivity index (χ4n) is 8.54. The molecule has 290 valence electrons. The average molecular weight is 798 g/mol. The van der Waals surface area contributed by atoms with Crippen LogP contribution in [0.15, 0.2) is 176 Å². The fraction of sp³-hybridized carbons (Fsp3) is 0. The number of ether oxygens (including phenoxy) is 2. The molecule has 6 aromatic heterocycles. The van der Waals surface area contributed by atoms with Crippen molar-refractivity contribution in [2.45, 2.75) is 0 Å². The van der Waals surface area contributed by atoms with E-state index in [2.05, 4.69) is 41.2 Å². The maximum absolute atomic E-state index is 16.3. The molecule has 0 radical (unpaired) electrons. The van der Waals surface area contributed by atoms with Gasteiger partial charge in [-0.3, -0.25) is 13.7 Å². The Labute approximate surface area is 345 Å². The summed E-state index contributed by atoms with van der Waals surface area (Å²) in [6.07, 6.45) is 6.74. The molecular weight excluding hydrogens is 769 g/mol. The van der Waals surface area contributed by atoms with Gasteiger partial charge in [-0.15, -0.1) is 0 Å². The smallest absolute Gasteiger partial charge is 0.234 e. The van der Waals surface area contributed by atoms with Crippen LogP contribution in [0.2, 0.25) is 0 Å². The van der Waals surface area contributed by atoms with Crippen molar-refractivity contribution >= 4 is 65.4 Å². The number of fused-ring (bicyclic) bond motifs is 9. The third-order valence-electron chi connectivity index (χ3n) is 11.1. The molecule has 12 rings (SSSR count). The Morgan fingerprint density at radius 1 is 0.344 bits per heavy atom. The Balaban J connectivity index is 0.984. The summed E-state index contributed by atoms with van der Waals surface area (Å²) >= 11 is 0. The topological polar surface area (TPSA) is 84.8 Å². The van der Waals surface area contributed by atoms with Gasteiger partial charge in [-0.25, -0.2) is 28.7 Å². The molecule has 0 saturated heterocycles. The van der Waals surface area contributed by atoms with Crippen molar-refractivity contribution in [2.24, 2.45) is 0 Å². The van der Waals surface area contributed by atoms with Gasteiger partial charge in [0.2, 0.25) is 5.95 Å². The molecule has 0 fully saturated rings. The zero-order valence-electron chi connectivity index (χ0n) is 31.9. The molecule has 0 atom stereocenters. The lowest BCUT2D eigenvalue weighted by Gasteiger charge is -2.11. The normalized spacial score (nSPS) is 11.8. The van der Waals surface area contributed by atoms with Crippen LogP contribution in [0.1, 0.15) is 0 Å². The molecule has 0 saturated carbocycles. The van der Waals surface area contributed by atoms with Crippen LogP contribution in [-0.2, 0) is 0 Å². The van der Waals surface area contributed by atoms with Gasteiger partial charge in [0, 0.05) is 81.4 Å². The number of pyridine rings is 2. The second kappa shape index (κ2) is 13.6. The standard InChI is InChI=1S/C50H29F2N7O2/c51-38-26-36-37-27-39(52)47(61-31-17-19-35-33-11-2-4-13-41(33)58(43(35)25-31)49-15-6-8-21-54-49)29-45(37)59(50-55-22-9-23-56-50)44(36)28-46(38)60-30-16-18-34-32-10-1-3-12-40(32)57(42(34)24-30)48-14-5-7-20-53-48/h1-29H. The van der Waals surface area contributed by atoms with Crippen LogP contribution in [0.4, 0.5) is 8.78 Å². The largest absolute Gasteiger partial charge is 0.454 e. The Morgan fingerprint density at radius 3 is 1.25 bits per heavy atom. The number of nitrogens with zero attached hydrogens (tertiary/aromatic N) is 7. The van der Waals surface area contributed by atoms with E-state index in [1.54, 1.807) is 47.6 Å². The highest BCUT2D eigenvalue weighted by atomic mass is 19.1. The van der Waals surface area contributed by atoms with Crippen LogP contribution >= 0.6 is 0 Å². The quantitative estimate of drug-likeness (QED) is 0.160. The number of hydrogen-bond donors (Lipinski definition) is 0. The van der Waals surface area contributed by atoms with Crippen LogP contribution < -0.4 is 9.47 Å². The lowest BCUT2D eigenvalue weighted by Crippen LogP contribution is -2.01. The van der Waals surface area contributed by atoms with Crippen molar-refractivity contribution in [1.82, 2.24) is 33.6 Å². The van der Waals surface area contributed by atoms with E-state index >= 15 is 8.78 Å². The van der Waals surface area contributed by atoms with Gasteiger partial charge in [-0.1, -0.05) is 48.5 Å². The van der Waals surface area contributed by atoms with E-state index in [-0.39, 0.29) is 11.5 Å². The first-order valence-electron chi connectivity index (χ1n) is 19.6. The minimum Gasteiger partial charge on any atom is -0.454 e. The number of para-hydroxylation sites is 2. The molecule has 9 nitrogen and oxygen atoms in total. The summed E-state index contributed by atoms with van der Waals surface area (Å²) in [5, 5.41) is 5.01. The molecule has 0 unspecified atom stereocenters. The lowest BCUT2D eigenvalue weighted by atomic mass is 10.1. The minimum atomic E-state index is -0.622. The Bertz CT molecular complexity index is 3460. The summed E-state index contributed by atoms with van der Waals surface area (Å²) in [6, 6.07) is 46.7. The molecule has 0 aliphatic rings. The third kappa shape index (κ3) is 5.51. The monoisotopic (exact) mass is 797 g/mol. The van der Waals surface area contributed by atoms with E-state index in [0.29, 0.717) is 39.3 Å². The van der Waals surface area contributed by atoms with E-state index in [0.717, 1.165) is 55.2 Å². The fourth-order valence-corrected chi connectivity index (χ4v) is 8.54. The van der Waals surface area contributed by atoms with Crippen molar-refractivity contribution in [3.63, 3.8) is 0 Å². The first kappa shape index (κ1) is 34.6. The summed E-state index contributed by atoms with van der Waals surface area (Å²) in [5.74, 6) is 1.34. The molecule has 6 aromatic carbocycles. The van der Waals surface area contributed by atoms with Gasteiger partial charge in [0.15, 0.2) is 23.1 Å². The predicted octanol–water partition coefficient (Wildman–Crippen LogP) is 12.4. The van der Waals surface area contributed by atoms with Crippen molar-refractivity contribution < 1.29 is 18.3 Å². The number of benzene rings is 6. The van der Waals surface area contributed by atoms with Crippen molar-refractivity contribution in [2.75, 3.05) is 0 Å². The van der Waals surface area contributed by atoms with Gasteiger partial charge >= 0.3 is 0 Å². The van der Waals surface area contributed by atoms with Crippen molar-refractivity contribution in [1.29, 1.82) is 0 Å². The van der Waals surface area contributed by atoms with Gasteiger partial charge in [0.05, 0.1) is 33.1 Å². The molecule has 0 N–H and O–H groups in total. The van der Waals surface area contributed by atoms with Crippen LogP contribution in [0.25, 0.3) is 83.0 Å². The first-order chi connectivity index (χ1) is 30.1. The maximum atomic E-state index is 16.3. The summed E-state index contributed by atoms with van der Waals surface area (Å²) in [4.78, 5) is 18.3. The third-order valence-corrected chi connectivity index (χ3v) is 11.1. The van der Waals surface area contributed by atoms with Crippen molar-refractivity contribution in [3.8, 4) is 40.6 Å². The second-order valence-electron chi connectivity index (χ2n) is 14.6.